The molecule has 0 bridgehead atoms. The van der Waals surface area contributed by atoms with Crippen molar-refractivity contribution in [3.63, 3.8) is 0 Å². The topological polar surface area (TPSA) is 24.9 Å². The molecule has 0 saturated heterocycles. The van der Waals surface area contributed by atoms with Crippen LogP contribution in [-0.2, 0) is 6.54 Å². The third-order valence-electron chi connectivity index (χ3n) is 3.08. The maximum atomic E-state index is 5.75. The number of rotatable bonds is 3. The molecule has 0 amide bonds. The van der Waals surface area contributed by atoms with E-state index in [1.165, 1.54) is 18.4 Å². The Hall–Kier alpha value is 0.360. The lowest BCUT2D eigenvalue weighted by molar-refractivity contribution is 0.390. The van der Waals surface area contributed by atoms with Crippen LogP contribution in [0.3, 0.4) is 0 Å². The Bertz CT molecular complexity index is 358. The lowest BCUT2D eigenvalue weighted by Gasteiger charge is -2.30. The number of hydrogen-bond acceptors (Lipinski definition) is 2. The summed E-state index contributed by atoms with van der Waals surface area (Å²) >= 11 is 13.2. The Morgan fingerprint density at radius 3 is 2.76 bits per heavy atom. The summed E-state index contributed by atoms with van der Waals surface area (Å²) < 4.78 is 0. The summed E-state index contributed by atoms with van der Waals surface area (Å²) in [5.41, 5.74) is 1.18. The van der Waals surface area contributed by atoms with Crippen molar-refractivity contribution < 1.29 is 0 Å². The van der Waals surface area contributed by atoms with E-state index in [9.17, 15) is 0 Å². The van der Waals surface area contributed by atoms with E-state index in [2.05, 4.69) is 42.2 Å². The first kappa shape index (κ1) is 13.8. The highest BCUT2D eigenvalue weighted by Crippen LogP contribution is 2.30. The lowest BCUT2D eigenvalue weighted by atomic mass is 9.95. The summed E-state index contributed by atoms with van der Waals surface area (Å²) in [5.74, 6) is 0. The standard InChI is InChI=1S/C12H15Br2ClN2/c13-10-3-2-9(5-11(10)14)16-6-8-1-4-12(15)17-7-8/h1,4,7,9-11,16H,2-3,5-6H2/t9-,10+,11+/m1/s1. The van der Waals surface area contributed by atoms with Crippen molar-refractivity contribution in [3.05, 3.63) is 29.0 Å². The number of halogens is 3. The number of hydrogen-bond donors (Lipinski definition) is 1. The zero-order chi connectivity index (χ0) is 12.3. The molecule has 94 valence electrons. The maximum absolute atomic E-state index is 5.75. The predicted molar refractivity (Wildman–Crippen MR) is 79.2 cm³/mol. The van der Waals surface area contributed by atoms with Gasteiger partial charge in [-0.2, -0.15) is 0 Å². The molecule has 0 aromatic carbocycles. The van der Waals surface area contributed by atoms with Gasteiger partial charge in [-0.1, -0.05) is 49.5 Å². The van der Waals surface area contributed by atoms with Crippen LogP contribution in [0.25, 0.3) is 0 Å². The maximum Gasteiger partial charge on any atom is 0.129 e. The molecule has 2 rings (SSSR count). The fourth-order valence-corrected chi connectivity index (χ4v) is 3.34. The molecule has 1 aromatic rings. The first-order valence-corrected chi connectivity index (χ1v) is 7.98. The monoisotopic (exact) mass is 380 g/mol. The number of alkyl halides is 2. The van der Waals surface area contributed by atoms with Crippen LogP contribution in [0.1, 0.15) is 24.8 Å². The number of pyridine rings is 1. The molecule has 2 nitrogen and oxygen atoms in total. The summed E-state index contributed by atoms with van der Waals surface area (Å²) in [7, 11) is 0. The fourth-order valence-electron chi connectivity index (χ4n) is 2.04. The summed E-state index contributed by atoms with van der Waals surface area (Å²) in [6.45, 7) is 0.863. The zero-order valence-corrected chi connectivity index (χ0v) is 13.3. The normalized spacial score (nSPS) is 29.2. The largest absolute Gasteiger partial charge is 0.310 e. The molecule has 1 heterocycles. The minimum Gasteiger partial charge on any atom is -0.310 e. The van der Waals surface area contributed by atoms with Crippen LogP contribution in [0, 0.1) is 0 Å². The smallest absolute Gasteiger partial charge is 0.129 e. The molecule has 1 aliphatic carbocycles. The van der Waals surface area contributed by atoms with Crippen molar-refractivity contribution in [1.82, 2.24) is 10.3 Å². The van der Waals surface area contributed by atoms with Gasteiger partial charge < -0.3 is 5.32 Å². The van der Waals surface area contributed by atoms with E-state index in [4.69, 9.17) is 11.6 Å². The Kier molecular flexibility index (Phi) is 5.27. The van der Waals surface area contributed by atoms with E-state index in [0.29, 0.717) is 20.8 Å². The molecule has 0 radical (unpaired) electrons. The Morgan fingerprint density at radius 2 is 2.12 bits per heavy atom. The van der Waals surface area contributed by atoms with Crippen LogP contribution < -0.4 is 5.32 Å². The van der Waals surface area contributed by atoms with Gasteiger partial charge in [0.05, 0.1) is 0 Å². The molecule has 17 heavy (non-hydrogen) atoms. The molecule has 0 spiro atoms. The lowest BCUT2D eigenvalue weighted by Crippen LogP contribution is -2.38. The van der Waals surface area contributed by atoms with E-state index in [-0.39, 0.29) is 0 Å². The van der Waals surface area contributed by atoms with E-state index in [1.54, 1.807) is 0 Å². The van der Waals surface area contributed by atoms with Gasteiger partial charge >= 0.3 is 0 Å². The second-order valence-corrected chi connectivity index (χ2v) is 7.15. The van der Waals surface area contributed by atoms with Crippen LogP contribution in [0.15, 0.2) is 18.3 Å². The second-order valence-electron chi connectivity index (χ2n) is 4.41. The van der Waals surface area contributed by atoms with Gasteiger partial charge in [-0.05, 0) is 30.9 Å². The van der Waals surface area contributed by atoms with E-state index >= 15 is 0 Å². The number of aromatic nitrogens is 1. The van der Waals surface area contributed by atoms with Crippen molar-refractivity contribution in [2.45, 2.75) is 41.5 Å². The van der Waals surface area contributed by atoms with Gasteiger partial charge in [-0.15, -0.1) is 0 Å². The minimum absolute atomic E-state index is 0.550. The highest BCUT2D eigenvalue weighted by atomic mass is 79.9. The van der Waals surface area contributed by atoms with Gasteiger partial charge in [0.2, 0.25) is 0 Å². The Balaban J connectivity index is 1.80. The summed E-state index contributed by atoms with van der Waals surface area (Å²) in [4.78, 5) is 5.25. The highest BCUT2D eigenvalue weighted by Gasteiger charge is 2.26. The third-order valence-corrected chi connectivity index (χ3v) is 6.12. The van der Waals surface area contributed by atoms with Crippen LogP contribution in [0.4, 0.5) is 0 Å². The summed E-state index contributed by atoms with van der Waals surface area (Å²) in [5, 5.41) is 4.12. The van der Waals surface area contributed by atoms with E-state index in [1.807, 2.05) is 18.3 Å². The SMILES string of the molecule is Clc1ccc(CN[C@@H]2CC[C@H](Br)[C@@H](Br)C2)cn1. The van der Waals surface area contributed by atoms with Crippen LogP contribution in [0.5, 0.6) is 0 Å². The summed E-state index contributed by atoms with van der Waals surface area (Å²) in [6, 6.07) is 4.44. The van der Waals surface area contributed by atoms with Gasteiger partial charge in [0, 0.05) is 28.4 Å². The second kappa shape index (κ2) is 6.50. The Labute approximate surface area is 124 Å². The average Bonchev–Trinajstić information content (AvgIpc) is 2.33. The molecule has 1 N–H and O–H groups in total. The van der Waals surface area contributed by atoms with Gasteiger partial charge in [0.1, 0.15) is 5.15 Å². The van der Waals surface area contributed by atoms with Gasteiger partial charge in [-0.25, -0.2) is 4.98 Å². The molecule has 1 fully saturated rings. The van der Waals surface area contributed by atoms with Gasteiger partial charge in [0.15, 0.2) is 0 Å². The third kappa shape index (κ3) is 4.19. The quantitative estimate of drug-likeness (QED) is 0.633. The minimum atomic E-state index is 0.550. The van der Waals surface area contributed by atoms with Crippen LogP contribution in [-0.4, -0.2) is 20.7 Å². The van der Waals surface area contributed by atoms with Crippen LogP contribution >= 0.6 is 43.5 Å². The highest BCUT2D eigenvalue weighted by molar-refractivity contribution is 9.12. The van der Waals surface area contributed by atoms with Crippen LogP contribution in [0.2, 0.25) is 5.15 Å². The van der Waals surface area contributed by atoms with Gasteiger partial charge in [-0.3, -0.25) is 0 Å². The average molecular weight is 383 g/mol. The molecule has 0 unspecified atom stereocenters. The first-order valence-electron chi connectivity index (χ1n) is 5.77. The van der Waals surface area contributed by atoms with E-state index < -0.39 is 0 Å². The molecule has 0 aliphatic heterocycles. The van der Waals surface area contributed by atoms with E-state index in [0.717, 1.165) is 13.0 Å². The van der Waals surface area contributed by atoms with Crippen molar-refractivity contribution in [2.24, 2.45) is 0 Å². The number of nitrogens with zero attached hydrogens (tertiary/aromatic N) is 1. The van der Waals surface area contributed by atoms with Gasteiger partial charge in [0.25, 0.3) is 0 Å². The fraction of sp³-hybridized carbons (Fsp3) is 0.583. The predicted octanol–water partition coefficient (Wildman–Crippen LogP) is 3.90. The molecule has 1 aliphatic rings. The molecular formula is C12H15Br2ClN2. The van der Waals surface area contributed by atoms with Crippen molar-refractivity contribution in [1.29, 1.82) is 0 Å². The molecular weight excluding hydrogens is 367 g/mol. The molecule has 5 heteroatoms. The molecule has 3 atom stereocenters. The number of nitrogens with one attached hydrogen (secondary N) is 1. The van der Waals surface area contributed by atoms with Crippen molar-refractivity contribution in [3.8, 4) is 0 Å². The first-order chi connectivity index (χ1) is 8.15. The summed E-state index contributed by atoms with van der Waals surface area (Å²) in [6.07, 6.45) is 5.43. The Morgan fingerprint density at radius 1 is 1.29 bits per heavy atom. The molecule has 1 aromatic heterocycles. The van der Waals surface area contributed by atoms with Crippen molar-refractivity contribution >= 4 is 43.5 Å². The molecule has 1 saturated carbocycles. The zero-order valence-electron chi connectivity index (χ0n) is 9.37. The van der Waals surface area contributed by atoms with Crippen molar-refractivity contribution in [2.75, 3.05) is 0 Å².